The second-order valence-corrected chi connectivity index (χ2v) is 2.41. The highest BCUT2D eigenvalue weighted by Gasteiger charge is 1.91. The molecule has 1 rings (SSSR count). The Morgan fingerprint density at radius 2 is 2.50 bits per heavy atom. The lowest BCUT2D eigenvalue weighted by Crippen LogP contribution is -2.13. The van der Waals surface area contributed by atoms with E-state index in [-0.39, 0.29) is 5.91 Å². The van der Waals surface area contributed by atoms with Gasteiger partial charge in [-0.05, 0) is 6.08 Å². The van der Waals surface area contributed by atoms with Crippen molar-refractivity contribution in [2.45, 2.75) is 0 Å². The van der Waals surface area contributed by atoms with E-state index in [4.69, 9.17) is 0 Å². The van der Waals surface area contributed by atoms with Crippen LogP contribution in [-0.4, -0.2) is 22.5 Å². The molecule has 0 unspecified atom stereocenters. The molecule has 0 saturated carbocycles. The maximum Gasteiger partial charge on any atom is 0.243 e. The van der Waals surface area contributed by atoms with Gasteiger partial charge in [0, 0.05) is 26.4 Å². The lowest BCUT2D eigenvalue weighted by molar-refractivity contribution is -0.115. The fourth-order valence-electron chi connectivity index (χ4n) is 0.764. The standard InChI is InChI=1S/C8H11N3O/c1-9-8(12)4-3-7-5-11(2)6-10-7/h3-6H,1-2H3,(H,9,12)/b4-3-. The van der Waals surface area contributed by atoms with Crippen LogP contribution in [0.5, 0.6) is 0 Å². The third kappa shape index (κ3) is 2.23. The minimum Gasteiger partial charge on any atom is -0.356 e. The monoisotopic (exact) mass is 165 g/mol. The Morgan fingerprint density at radius 1 is 1.75 bits per heavy atom. The first kappa shape index (κ1) is 8.52. The van der Waals surface area contributed by atoms with E-state index in [1.807, 2.05) is 17.8 Å². The molecule has 0 spiro atoms. The van der Waals surface area contributed by atoms with Crippen LogP contribution in [0.4, 0.5) is 0 Å². The van der Waals surface area contributed by atoms with Crippen molar-refractivity contribution in [1.82, 2.24) is 14.9 Å². The molecular formula is C8H11N3O. The molecular weight excluding hydrogens is 154 g/mol. The number of hydrogen-bond donors (Lipinski definition) is 1. The predicted octanol–water partition coefficient (Wildman–Crippen LogP) is 0.179. The van der Waals surface area contributed by atoms with Gasteiger partial charge < -0.3 is 9.88 Å². The fourth-order valence-corrected chi connectivity index (χ4v) is 0.764. The Kier molecular flexibility index (Phi) is 2.63. The molecule has 0 fully saturated rings. The van der Waals surface area contributed by atoms with Gasteiger partial charge in [-0.25, -0.2) is 4.98 Å². The smallest absolute Gasteiger partial charge is 0.243 e. The summed E-state index contributed by atoms with van der Waals surface area (Å²) in [6.07, 6.45) is 6.63. The number of likely N-dealkylation sites (N-methyl/N-ethyl adjacent to an activating group) is 1. The van der Waals surface area contributed by atoms with Crippen molar-refractivity contribution in [3.8, 4) is 0 Å². The normalized spacial score (nSPS) is 10.5. The highest BCUT2D eigenvalue weighted by atomic mass is 16.1. The Morgan fingerprint density at radius 3 is 3.00 bits per heavy atom. The minimum absolute atomic E-state index is 0.124. The van der Waals surface area contributed by atoms with E-state index < -0.39 is 0 Å². The summed E-state index contributed by atoms with van der Waals surface area (Å²) in [6.45, 7) is 0. The van der Waals surface area contributed by atoms with Crippen LogP contribution in [-0.2, 0) is 11.8 Å². The topological polar surface area (TPSA) is 46.9 Å². The second-order valence-electron chi connectivity index (χ2n) is 2.41. The largest absolute Gasteiger partial charge is 0.356 e. The van der Waals surface area contributed by atoms with E-state index in [1.54, 1.807) is 19.5 Å². The SMILES string of the molecule is CNC(=O)/C=C\c1cn(C)cn1. The molecule has 1 heterocycles. The van der Waals surface area contributed by atoms with Crippen LogP contribution < -0.4 is 5.32 Å². The summed E-state index contributed by atoms with van der Waals surface area (Å²) in [7, 11) is 3.47. The van der Waals surface area contributed by atoms with E-state index in [9.17, 15) is 4.79 Å². The van der Waals surface area contributed by atoms with Crippen LogP contribution in [0, 0.1) is 0 Å². The first-order valence-electron chi connectivity index (χ1n) is 3.60. The van der Waals surface area contributed by atoms with Gasteiger partial charge in [-0.3, -0.25) is 4.79 Å². The van der Waals surface area contributed by atoms with Crippen LogP contribution in [0.3, 0.4) is 0 Å². The number of aromatic nitrogens is 2. The molecule has 0 aliphatic heterocycles. The molecule has 1 N–H and O–H groups in total. The van der Waals surface area contributed by atoms with E-state index in [2.05, 4.69) is 10.3 Å². The van der Waals surface area contributed by atoms with Crippen molar-refractivity contribution < 1.29 is 4.79 Å². The summed E-state index contributed by atoms with van der Waals surface area (Å²) < 4.78 is 1.82. The lowest BCUT2D eigenvalue weighted by atomic mass is 10.4. The highest BCUT2D eigenvalue weighted by molar-refractivity contribution is 5.91. The van der Waals surface area contributed by atoms with Gasteiger partial charge in [0.05, 0.1) is 12.0 Å². The highest BCUT2D eigenvalue weighted by Crippen LogP contribution is 1.96. The molecule has 4 nitrogen and oxygen atoms in total. The molecule has 1 aromatic heterocycles. The Labute approximate surface area is 70.9 Å². The third-order valence-corrected chi connectivity index (χ3v) is 1.38. The predicted molar refractivity (Wildman–Crippen MR) is 46.3 cm³/mol. The number of imidazole rings is 1. The van der Waals surface area contributed by atoms with Gasteiger partial charge in [-0.2, -0.15) is 0 Å². The molecule has 12 heavy (non-hydrogen) atoms. The average Bonchev–Trinajstić information content (AvgIpc) is 2.47. The van der Waals surface area contributed by atoms with Crippen LogP contribution in [0.2, 0.25) is 0 Å². The van der Waals surface area contributed by atoms with E-state index in [0.717, 1.165) is 5.69 Å². The molecule has 0 aromatic carbocycles. The van der Waals surface area contributed by atoms with Gasteiger partial charge in [0.2, 0.25) is 5.91 Å². The number of nitrogens with one attached hydrogen (secondary N) is 1. The van der Waals surface area contributed by atoms with Gasteiger partial charge >= 0.3 is 0 Å². The summed E-state index contributed by atoms with van der Waals surface area (Å²) in [4.78, 5) is 14.8. The molecule has 0 saturated heterocycles. The molecule has 4 heteroatoms. The van der Waals surface area contributed by atoms with E-state index in [1.165, 1.54) is 6.08 Å². The zero-order valence-corrected chi connectivity index (χ0v) is 7.11. The first-order chi connectivity index (χ1) is 5.72. The van der Waals surface area contributed by atoms with Crippen molar-refractivity contribution in [2.75, 3.05) is 7.05 Å². The number of aryl methyl sites for hydroxylation is 1. The molecule has 0 radical (unpaired) electrons. The second kappa shape index (κ2) is 3.71. The summed E-state index contributed by atoms with van der Waals surface area (Å²) in [5.41, 5.74) is 0.779. The molecule has 1 amide bonds. The fraction of sp³-hybridized carbons (Fsp3) is 0.250. The number of carbonyl (C=O) groups is 1. The van der Waals surface area contributed by atoms with E-state index in [0.29, 0.717) is 0 Å². The van der Waals surface area contributed by atoms with Gasteiger partial charge in [-0.15, -0.1) is 0 Å². The molecule has 0 aliphatic rings. The van der Waals surface area contributed by atoms with Crippen LogP contribution in [0.15, 0.2) is 18.6 Å². The average molecular weight is 165 g/mol. The summed E-state index contributed by atoms with van der Waals surface area (Å²) >= 11 is 0. The molecule has 0 aliphatic carbocycles. The van der Waals surface area contributed by atoms with Crippen molar-refractivity contribution in [1.29, 1.82) is 0 Å². The van der Waals surface area contributed by atoms with Crippen LogP contribution in [0.1, 0.15) is 5.69 Å². The Hall–Kier alpha value is -1.58. The number of amides is 1. The zero-order valence-electron chi connectivity index (χ0n) is 7.11. The minimum atomic E-state index is -0.124. The number of carbonyl (C=O) groups excluding carboxylic acids is 1. The van der Waals surface area contributed by atoms with Crippen LogP contribution >= 0.6 is 0 Å². The molecule has 1 aromatic rings. The van der Waals surface area contributed by atoms with Gasteiger partial charge in [-0.1, -0.05) is 0 Å². The quantitative estimate of drug-likeness (QED) is 0.635. The maximum absolute atomic E-state index is 10.8. The van der Waals surface area contributed by atoms with Gasteiger partial charge in [0.25, 0.3) is 0 Å². The number of nitrogens with zero attached hydrogens (tertiary/aromatic N) is 2. The molecule has 0 atom stereocenters. The summed E-state index contributed by atoms with van der Waals surface area (Å²) in [6, 6.07) is 0. The number of hydrogen-bond acceptors (Lipinski definition) is 2. The van der Waals surface area contributed by atoms with Crippen molar-refractivity contribution in [3.63, 3.8) is 0 Å². The summed E-state index contributed by atoms with van der Waals surface area (Å²) in [5.74, 6) is -0.124. The zero-order chi connectivity index (χ0) is 8.97. The first-order valence-corrected chi connectivity index (χ1v) is 3.60. The van der Waals surface area contributed by atoms with Gasteiger partial charge in [0.15, 0.2) is 0 Å². The number of rotatable bonds is 2. The molecule has 0 bridgehead atoms. The Balaban J connectivity index is 2.63. The summed E-state index contributed by atoms with van der Waals surface area (Å²) in [5, 5.41) is 2.48. The van der Waals surface area contributed by atoms with Crippen molar-refractivity contribution in [3.05, 3.63) is 24.3 Å². The van der Waals surface area contributed by atoms with Crippen molar-refractivity contribution >= 4 is 12.0 Å². The Bertz CT molecular complexity index is 301. The third-order valence-electron chi connectivity index (χ3n) is 1.38. The molecule has 64 valence electrons. The van der Waals surface area contributed by atoms with E-state index >= 15 is 0 Å². The van der Waals surface area contributed by atoms with Crippen molar-refractivity contribution in [2.24, 2.45) is 7.05 Å². The maximum atomic E-state index is 10.8. The van der Waals surface area contributed by atoms with Crippen LogP contribution in [0.25, 0.3) is 6.08 Å². The van der Waals surface area contributed by atoms with Gasteiger partial charge in [0.1, 0.15) is 0 Å². The lowest BCUT2D eigenvalue weighted by Gasteiger charge is -1.87.